The zero-order valence-electron chi connectivity index (χ0n) is 11.0. The normalized spacial score (nSPS) is 10.8. The van der Waals surface area contributed by atoms with Crippen molar-refractivity contribution in [1.82, 2.24) is 9.97 Å². The molecule has 0 saturated carbocycles. The molecule has 0 bridgehead atoms. The Morgan fingerprint density at radius 2 is 2.00 bits per heavy atom. The van der Waals surface area contributed by atoms with Crippen LogP contribution in [0, 0.1) is 13.8 Å². The predicted octanol–water partition coefficient (Wildman–Crippen LogP) is 3.51. The van der Waals surface area contributed by atoms with Crippen LogP contribution in [0.15, 0.2) is 36.4 Å². The maximum atomic E-state index is 6.00. The first kappa shape index (κ1) is 11.6. The number of nitrogens with one attached hydrogen (secondary N) is 2. The highest BCUT2D eigenvalue weighted by atomic mass is 14.9. The van der Waals surface area contributed by atoms with E-state index in [0.717, 1.165) is 39.5 Å². The molecular formula is C15H16N4. The van der Waals surface area contributed by atoms with E-state index >= 15 is 0 Å². The van der Waals surface area contributed by atoms with E-state index in [1.807, 2.05) is 50.2 Å². The summed E-state index contributed by atoms with van der Waals surface area (Å²) in [6.07, 6.45) is 0. The lowest BCUT2D eigenvalue weighted by atomic mass is 10.1. The highest BCUT2D eigenvalue weighted by Gasteiger charge is 2.05. The second kappa shape index (κ2) is 4.31. The van der Waals surface area contributed by atoms with E-state index in [0.29, 0.717) is 0 Å². The number of hydrogen-bond donors (Lipinski definition) is 3. The first-order valence-corrected chi connectivity index (χ1v) is 6.22. The molecule has 4 heteroatoms. The van der Waals surface area contributed by atoms with Crippen LogP contribution in [0.2, 0.25) is 0 Å². The summed E-state index contributed by atoms with van der Waals surface area (Å²) in [6.45, 7) is 3.99. The lowest BCUT2D eigenvalue weighted by molar-refractivity contribution is 1.17. The molecule has 96 valence electrons. The molecule has 19 heavy (non-hydrogen) atoms. The van der Waals surface area contributed by atoms with Crippen molar-refractivity contribution in [3.8, 4) is 0 Å². The minimum Gasteiger partial charge on any atom is -0.397 e. The van der Waals surface area contributed by atoms with Crippen molar-refractivity contribution in [3.05, 3.63) is 47.8 Å². The van der Waals surface area contributed by atoms with Gasteiger partial charge in [0.2, 0.25) is 0 Å². The van der Waals surface area contributed by atoms with Crippen molar-refractivity contribution in [3.63, 3.8) is 0 Å². The number of nitrogens with zero attached hydrogens (tertiary/aromatic N) is 1. The summed E-state index contributed by atoms with van der Waals surface area (Å²) in [4.78, 5) is 7.62. The number of aromatic amines is 1. The van der Waals surface area contributed by atoms with Gasteiger partial charge in [-0.05, 0) is 43.7 Å². The van der Waals surface area contributed by atoms with Gasteiger partial charge in [-0.15, -0.1) is 0 Å². The number of nitrogens with two attached hydrogens (primary N) is 1. The Bertz CT molecular complexity index is 723. The van der Waals surface area contributed by atoms with Crippen molar-refractivity contribution in [2.75, 3.05) is 11.1 Å². The Morgan fingerprint density at radius 3 is 2.79 bits per heavy atom. The average molecular weight is 252 g/mol. The van der Waals surface area contributed by atoms with Crippen LogP contribution in [0.4, 0.5) is 17.1 Å². The SMILES string of the molecule is Cc1nc2ccc(Nc3c(C)cccc3N)cc2[nH]1. The van der Waals surface area contributed by atoms with E-state index in [1.54, 1.807) is 0 Å². The lowest BCUT2D eigenvalue weighted by Gasteiger charge is -2.12. The topological polar surface area (TPSA) is 66.7 Å². The summed E-state index contributed by atoms with van der Waals surface area (Å²) in [5, 5.41) is 3.37. The molecule has 0 radical (unpaired) electrons. The largest absolute Gasteiger partial charge is 0.397 e. The molecule has 0 fully saturated rings. The van der Waals surface area contributed by atoms with Gasteiger partial charge in [0.05, 0.1) is 22.4 Å². The number of imidazole rings is 1. The molecule has 1 aromatic heterocycles. The molecule has 0 amide bonds. The third-order valence-electron chi connectivity index (χ3n) is 3.17. The number of aromatic nitrogens is 2. The summed E-state index contributed by atoms with van der Waals surface area (Å²) >= 11 is 0. The molecule has 1 heterocycles. The molecule has 3 rings (SSSR count). The molecule has 4 nitrogen and oxygen atoms in total. The second-order valence-electron chi connectivity index (χ2n) is 4.72. The standard InChI is InChI=1S/C15H16N4/c1-9-4-3-5-12(16)15(9)19-11-6-7-13-14(8-11)18-10(2)17-13/h3-8,19H,16H2,1-2H3,(H,17,18). The number of anilines is 3. The van der Waals surface area contributed by atoms with E-state index in [9.17, 15) is 0 Å². The Kier molecular flexibility index (Phi) is 2.63. The van der Waals surface area contributed by atoms with Gasteiger partial charge in [0.25, 0.3) is 0 Å². The molecular weight excluding hydrogens is 236 g/mol. The summed E-state index contributed by atoms with van der Waals surface area (Å²) in [5.74, 6) is 0.919. The van der Waals surface area contributed by atoms with Crippen molar-refractivity contribution < 1.29 is 0 Å². The highest BCUT2D eigenvalue weighted by Crippen LogP contribution is 2.27. The predicted molar refractivity (Wildman–Crippen MR) is 79.7 cm³/mol. The molecule has 0 saturated heterocycles. The summed E-state index contributed by atoms with van der Waals surface area (Å²) in [5.41, 5.74) is 11.8. The van der Waals surface area contributed by atoms with Crippen LogP contribution in [0.25, 0.3) is 11.0 Å². The maximum Gasteiger partial charge on any atom is 0.104 e. The van der Waals surface area contributed by atoms with Crippen LogP contribution < -0.4 is 11.1 Å². The molecule has 0 aliphatic rings. The van der Waals surface area contributed by atoms with Gasteiger partial charge in [-0.25, -0.2) is 4.98 Å². The van der Waals surface area contributed by atoms with Crippen molar-refractivity contribution >= 4 is 28.1 Å². The fraction of sp³-hybridized carbons (Fsp3) is 0.133. The molecule has 0 spiro atoms. The zero-order chi connectivity index (χ0) is 13.4. The van der Waals surface area contributed by atoms with Gasteiger partial charge in [-0.3, -0.25) is 0 Å². The monoisotopic (exact) mass is 252 g/mol. The number of nitrogen functional groups attached to an aromatic ring is 1. The average Bonchev–Trinajstić information content (AvgIpc) is 2.73. The van der Waals surface area contributed by atoms with Crippen LogP contribution in [0.1, 0.15) is 11.4 Å². The van der Waals surface area contributed by atoms with Crippen LogP contribution in [-0.4, -0.2) is 9.97 Å². The number of H-pyrrole nitrogens is 1. The number of rotatable bonds is 2. The summed E-state index contributed by atoms with van der Waals surface area (Å²) in [7, 11) is 0. The minimum atomic E-state index is 0.751. The molecule has 0 unspecified atom stereocenters. The Morgan fingerprint density at radius 1 is 1.16 bits per heavy atom. The van der Waals surface area contributed by atoms with E-state index in [2.05, 4.69) is 15.3 Å². The van der Waals surface area contributed by atoms with Gasteiger partial charge in [-0.2, -0.15) is 0 Å². The van der Waals surface area contributed by atoms with Crippen molar-refractivity contribution in [2.24, 2.45) is 0 Å². The fourth-order valence-corrected chi connectivity index (χ4v) is 2.22. The number of hydrogen-bond acceptors (Lipinski definition) is 3. The number of benzene rings is 2. The first-order valence-electron chi connectivity index (χ1n) is 6.22. The molecule has 0 aliphatic heterocycles. The van der Waals surface area contributed by atoms with E-state index in [-0.39, 0.29) is 0 Å². The summed E-state index contributed by atoms with van der Waals surface area (Å²) < 4.78 is 0. The fourth-order valence-electron chi connectivity index (χ4n) is 2.22. The third kappa shape index (κ3) is 2.12. The number of para-hydroxylation sites is 1. The Hall–Kier alpha value is -2.49. The van der Waals surface area contributed by atoms with Crippen LogP contribution in [-0.2, 0) is 0 Å². The quantitative estimate of drug-likeness (QED) is 0.611. The molecule has 3 aromatic rings. The smallest absolute Gasteiger partial charge is 0.104 e. The van der Waals surface area contributed by atoms with Crippen LogP contribution in [0.3, 0.4) is 0 Å². The lowest BCUT2D eigenvalue weighted by Crippen LogP contribution is -1.98. The number of aryl methyl sites for hydroxylation is 2. The Balaban J connectivity index is 2.01. The Labute approximate surface area is 111 Å². The molecule has 0 atom stereocenters. The highest BCUT2D eigenvalue weighted by molar-refractivity contribution is 5.83. The zero-order valence-corrected chi connectivity index (χ0v) is 11.0. The van der Waals surface area contributed by atoms with E-state index in [1.165, 1.54) is 0 Å². The van der Waals surface area contributed by atoms with Gasteiger partial charge < -0.3 is 16.0 Å². The molecule has 0 aliphatic carbocycles. The second-order valence-corrected chi connectivity index (χ2v) is 4.72. The third-order valence-corrected chi connectivity index (χ3v) is 3.17. The van der Waals surface area contributed by atoms with Crippen molar-refractivity contribution in [2.45, 2.75) is 13.8 Å². The van der Waals surface area contributed by atoms with E-state index < -0.39 is 0 Å². The van der Waals surface area contributed by atoms with Gasteiger partial charge in [-0.1, -0.05) is 12.1 Å². The first-order chi connectivity index (χ1) is 9.13. The van der Waals surface area contributed by atoms with Gasteiger partial charge >= 0.3 is 0 Å². The molecule has 2 aromatic carbocycles. The molecule has 4 N–H and O–H groups in total. The van der Waals surface area contributed by atoms with Gasteiger partial charge in [0.15, 0.2) is 0 Å². The van der Waals surface area contributed by atoms with Gasteiger partial charge in [0, 0.05) is 5.69 Å². The van der Waals surface area contributed by atoms with Crippen LogP contribution >= 0.6 is 0 Å². The van der Waals surface area contributed by atoms with Crippen LogP contribution in [0.5, 0.6) is 0 Å². The van der Waals surface area contributed by atoms with Gasteiger partial charge in [0.1, 0.15) is 5.82 Å². The maximum absolute atomic E-state index is 6.00. The van der Waals surface area contributed by atoms with Crippen molar-refractivity contribution in [1.29, 1.82) is 0 Å². The summed E-state index contributed by atoms with van der Waals surface area (Å²) in [6, 6.07) is 11.9. The van der Waals surface area contributed by atoms with E-state index in [4.69, 9.17) is 5.73 Å². The minimum absolute atomic E-state index is 0.751. The number of fused-ring (bicyclic) bond motifs is 1.